The summed E-state index contributed by atoms with van der Waals surface area (Å²) in [7, 11) is -6.27. The zero-order chi connectivity index (χ0) is 34.9. The van der Waals surface area contributed by atoms with Crippen LogP contribution in [-0.4, -0.2) is 39.1 Å². The van der Waals surface area contributed by atoms with Crippen molar-refractivity contribution < 1.29 is 52.3 Å². The Morgan fingerprint density at radius 3 is 2.15 bits per heavy atom. The van der Waals surface area contributed by atoms with Gasteiger partial charge in [0.2, 0.25) is 22.7 Å². The number of hydrogen-bond donors (Lipinski definition) is 3. The number of benzene rings is 3. The van der Waals surface area contributed by atoms with E-state index < -0.39 is 73.2 Å². The molecule has 20 heteroatoms. The molecule has 1 atom stereocenters. The third-order valence-electron chi connectivity index (χ3n) is 6.72. The van der Waals surface area contributed by atoms with E-state index in [9.17, 15) is 43.2 Å². The molecule has 2 aromatic heterocycles. The van der Waals surface area contributed by atoms with Gasteiger partial charge in [-0.25, -0.2) is 27.2 Å². The number of methoxy groups -OCH3 is 1. The number of aromatic nitrogens is 3. The van der Waals surface area contributed by atoms with Crippen LogP contribution in [0.4, 0.5) is 26.3 Å². The fourth-order valence-corrected chi connectivity index (χ4v) is 7.98. The maximum absolute atomic E-state index is 13.9. The van der Waals surface area contributed by atoms with Crippen LogP contribution in [0.25, 0.3) is 21.3 Å². The Balaban J connectivity index is 1.57. The van der Waals surface area contributed by atoms with Crippen LogP contribution in [0.15, 0.2) is 65.1 Å². The highest BCUT2D eigenvalue weighted by molar-refractivity contribution is 7.91. The maximum atomic E-state index is 13.9. The molecule has 1 unspecified atom stereocenters. The van der Waals surface area contributed by atoms with Crippen molar-refractivity contribution in [2.24, 2.45) is 0 Å². The van der Waals surface area contributed by atoms with Gasteiger partial charge in [-0.1, -0.05) is 30.3 Å². The van der Waals surface area contributed by atoms with E-state index in [1.165, 1.54) is 0 Å². The number of thiazole rings is 1. The molecule has 48 heavy (non-hydrogen) atoms. The Labute approximate surface area is 273 Å². The van der Waals surface area contributed by atoms with Crippen molar-refractivity contribution >= 4 is 42.3 Å². The van der Waals surface area contributed by atoms with Gasteiger partial charge in [-0.2, -0.15) is 31.2 Å². The van der Waals surface area contributed by atoms with E-state index in [1.807, 2.05) is 29.1 Å². The van der Waals surface area contributed by atoms with Gasteiger partial charge in [-0.3, -0.25) is 0 Å². The molecule has 2 heterocycles. The van der Waals surface area contributed by atoms with Gasteiger partial charge in [0.15, 0.2) is 15.1 Å². The van der Waals surface area contributed by atoms with Crippen LogP contribution in [0, 0.1) is 0 Å². The second kappa shape index (κ2) is 13.9. The molecule has 2 N–H and O–H groups in total. The molecule has 0 radical (unpaired) electrons. The third kappa shape index (κ3) is 8.36. The Bertz CT molecular complexity index is 2070. The first-order valence-electron chi connectivity index (χ1n) is 13.5. The number of hydrazine groups is 1. The SMILES string of the molecule is COCc1ccc(-c2ccc3nc(C(c4nnc(CNN[SH](=O)=O)o4)S(=O)(=O)Cc4cc(C(F)(F)F)cc(C(F)(F)F)c4)sc3c2)cc1. The predicted molar refractivity (Wildman–Crippen MR) is 161 cm³/mol. The summed E-state index contributed by atoms with van der Waals surface area (Å²) in [6.45, 7) is 0.0198. The molecule has 0 saturated carbocycles. The zero-order valence-electron chi connectivity index (χ0n) is 24.3. The summed E-state index contributed by atoms with van der Waals surface area (Å²) < 4.78 is 142. The van der Waals surface area contributed by atoms with Crippen LogP contribution in [0.2, 0.25) is 0 Å². The number of halogens is 6. The van der Waals surface area contributed by atoms with Gasteiger partial charge in [0.25, 0.3) is 0 Å². The molecular weight excluding hydrogens is 713 g/mol. The lowest BCUT2D eigenvalue weighted by Crippen LogP contribution is -2.29. The number of rotatable bonds is 12. The third-order valence-corrected chi connectivity index (χ3v) is 10.2. The van der Waals surface area contributed by atoms with Crippen LogP contribution in [-0.2, 0) is 56.7 Å². The van der Waals surface area contributed by atoms with E-state index in [2.05, 4.69) is 20.6 Å². The first-order valence-corrected chi connectivity index (χ1v) is 17.2. The molecular formula is C28H23F6N5O6S3. The number of sulfone groups is 1. The molecule has 0 aliphatic carbocycles. The molecule has 256 valence electrons. The maximum Gasteiger partial charge on any atom is 0.416 e. The molecule has 0 fully saturated rings. The number of nitrogens with zero attached hydrogens (tertiary/aromatic N) is 3. The average Bonchev–Trinajstić information content (AvgIpc) is 3.62. The molecule has 0 aliphatic heterocycles. The number of alkyl halides is 6. The van der Waals surface area contributed by atoms with Crippen molar-refractivity contribution in [1.82, 2.24) is 25.4 Å². The van der Waals surface area contributed by atoms with Gasteiger partial charge in [-0.05, 0) is 52.6 Å². The highest BCUT2D eigenvalue weighted by Crippen LogP contribution is 2.40. The Hall–Kier alpha value is -3.95. The lowest BCUT2D eigenvalue weighted by molar-refractivity contribution is -0.143. The van der Waals surface area contributed by atoms with Gasteiger partial charge >= 0.3 is 12.4 Å². The van der Waals surface area contributed by atoms with E-state index in [0.29, 0.717) is 29.0 Å². The standard InChI is InChI=1S/C28H23F6N5O6S3/c1-44-13-15-2-4-17(5-3-15)18-6-7-21-22(10-18)46-26(36-21)24(25-38-37-23(45-25)12-35-39-47(40)41)48(42,43)14-16-8-19(27(29,30)31)11-20(9-16)28(32,33)34/h2-11,24,35,47H,12-14H2,1H3,(H,39,40,41). The lowest BCUT2D eigenvalue weighted by atomic mass is 10.0. The smallest absolute Gasteiger partial charge is 0.416 e. The number of ether oxygens (including phenoxy) is 1. The summed E-state index contributed by atoms with van der Waals surface area (Å²) in [6, 6.07) is 13.1. The van der Waals surface area contributed by atoms with Gasteiger partial charge in [0.1, 0.15) is 5.01 Å². The molecule has 0 spiro atoms. The number of nitrogens with one attached hydrogen (secondary N) is 2. The van der Waals surface area contributed by atoms with Crippen LogP contribution < -0.4 is 10.3 Å². The summed E-state index contributed by atoms with van der Waals surface area (Å²) in [4.78, 5) is 6.27. The van der Waals surface area contributed by atoms with Gasteiger partial charge in [0, 0.05) is 7.11 Å². The second-order valence-corrected chi connectivity index (χ2v) is 14.1. The molecule has 0 amide bonds. The minimum atomic E-state index is -5.20. The quantitative estimate of drug-likeness (QED) is 0.0868. The lowest BCUT2D eigenvalue weighted by Gasteiger charge is -2.16. The molecule has 5 aromatic rings. The van der Waals surface area contributed by atoms with Crippen molar-refractivity contribution in [3.63, 3.8) is 0 Å². The zero-order valence-corrected chi connectivity index (χ0v) is 26.8. The molecule has 3 aromatic carbocycles. The Kier molecular flexibility index (Phi) is 10.2. The molecule has 0 aliphatic rings. The molecule has 11 nitrogen and oxygen atoms in total. The minimum Gasteiger partial charge on any atom is -0.422 e. The molecule has 0 saturated heterocycles. The van der Waals surface area contributed by atoms with Crippen molar-refractivity contribution in [1.29, 1.82) is 0 Å². The van der Waals surface area contributed by atoms with Crippen molar-refractivity contribution in [2.75, 3.05) is 7.11 Å². The van der Waals surface area contributed by atoms with E-state index >= 15 is 0 Å². The van der Waals surface area contributed by atoms with E-state index in [-0.39, 0.29) is 17.0 Å². The summed E-state index contributed by atoms with van der Waals surface area (Å²) >= 11 is 0.898. The minimum absolute atomic E-state index is 0.106. The van der Waals surface area contributed by atoms with Crippen LogP contribution in [0.5, 0.6) is 0 Å². The first-order chi connectivity index (χ1) is 22.5. The fraction of sp³-hybridized carbons (Fsp3) is 0.250. The second-order valence-electron chi connectivity index (χ2n) is 10.2. The van der Waals surface area contributed by atoms with Crippen LogP contribution >= 0.6 is 11.3 Å². The molecule has 0 bridgehead atoms. The van der Waals surface area contributed by atoms with Crippen molar-refractivity contribution in [2.45, 2.75) is 36.5 Å². The van der Waals surface area contributed by atoms with E-state index in [1.54, 1.807) is 25.3 Å². The highest BCUT2D eigenvalue weighted by Gasteiger charge is 2.40. The normalized spacial score (nSPS) is 13.4. The summed E-state index contributed by atoms with van der Waals surface area (Å²) in [5.74, 6) is -2.16. The van der Waals surface area contributed by atoms with E-state index in [4.69, 9.17) is 9.15 Å². The predicted octanol–water partition coefficient (Wildman–Crippen LogP) is 5.36. The van der Waals surface area contributed by atoms with Crippen LogP contribution in [0.3, 0.4) is 0 Å². The summed E-state index contributed by atoms with van der Waals surface area (Å²) in [5, 5.41) is 5.38. The Morgan fingerprint density at radius 1 is 0.896 bits per heavy atom. The van der Waals surface area contributed by atoms with Gasteiger partial charge in [0.05, 0.1) is 40.2 Å². The van der Waals surface area contributed by atoms with Gasteiger partial charge in [-0.15, -0.1) is 21.5 Å². The van der Waals surface area contributed by atoms with Gasteiger partial charge < -0.3 is 9.15 Å². The number of fused-ring (bicyclic) bond motifs is 1. The summed E-state index contributed by atoms with van der Waals surface area (Å²) in [5.41, 5.74) is 0.944. The highest BCUT2D eigenvalue weighted by atomic mass is 32.2. The summed E-state index contributed by atoms with van der Waals surface area (Å²) in [6.07, 6.45) is -10.4. The largest absolute Gasteiger partial charge is 0.422 e. The topological polar surface area (TPSA) is 153 Å². The van der Waals surface area contributed by atoms with Crippen LogP contribution in [0.1, 0.15) is 44.3 Å². The molecule has 5 rings (SSSR count). The Morgan fingerprint density at radius 2 is 1.54 bits per heavy atom. The number of hydrogen-bond acceptors (Lipinski definition) is 11. The monoisotopic (exact) mass is 735 g/mol. The fourth-order valence-electron chi connectivity index (χ4n) is 4.65. The van der Waals surface area contributed by atoms with E-state index in [0.717, 1.165) is 28.0 Å². The van der Waals surface area contributed by atoms with Crippen molar-refractivity contribution in [3.05, 3.63) is 99.7 Å². The van der Waals surface area contributed by atoms with Crippen molar-refractivity contribution in [3.8, 4) is 11.1 Å². The average molecular weight is 736 g/mol. The first kappa shape index (κ1) is 35.4. The number of thiol groups is 1.